The molecule has 1 amide bonds. The largest absolute Gasteiger partial charge is 0.338 e. The molecule has 164 valence electrons. The van der Waals surface area contributed by atoms with E-state index < -0.39 is 15.6 Å². The fourth-order valence-corrected chi connectivity index (χ4v) is 6.20. The first-order valence-corrected chi connectivity index (χ1v) is 12.5. The Morgan fingerprint density at radius 2 is 1.72 bits per heavy atom. The van der Waals surface area contributed by atoms with Gasteiger partial charge in [0.1, 0.15) is 0 Å². The molecule has 1 aliphatic carbocycles. The van der Waals surface area contributed by atoms with E-state index in [-0.39, 0.29) is 15.7 Å². The predicted octanol–water partition coefficient (Wildman–Crippen LogP) is 4.02. The third-order valence-electron chi connectivity index (χ3n) is 6.53. The molecule has 3 aliphatic rings. The van der Waals surface area contributed by atoms with Crippen LogP contribution in [0.5, 0.6) is 0 Å². The first kappa shape index (κ1) is 19.9. The lowest BCUT2D eigenvalue weighted by Crippen LogP contribution is -2.47. The maximum atomic E-state index is 13.7. The lowest BCUT2D eigenvalue weighted by atomic mass is 10.1. The fourth-order valence-electron chi connectivity index (χ4n) is 4.69. The second-order valence-electron chi connectivity index (χ2n) is 8.69. The van der Waals surface area contributed by atoms with Gasteiger partial charge in [-0.3, -0.25) is 4.79 Å². The van der Waals surface area contributed by atoms with Crippen LogP contribution in [0.2, 0.25) is 0 Å². The number of carbonyl (C=O) groups is 1. The molecule has 6 rings (SSSR count). The van der Waals surface area contributed by atoms with Gasteiger partial charge in [0.05, 0.1) is 28.7 Å². The standard InChI is InChI=1S/C25H23NO5S/c27-24-25(30-13-4-14-31-25)21-15-19(11-12-22(21)26(24)16-17-9-10-17)32(28,29)23-8-3-6-18-5-1-2-7-20(18)23/h1-3,5-8,11-12,15,17H,4,9-10,13-14,16H2. The summed E-state index contributed by atoms with van der Waals surface area (Å²) in [6.07, 6.45) is 2.89. The maximum Gasteiger partial charge on any atom is 0.292 e. The van der Waals surface area contributed by atoms with Crippen LogP contribution in [0.4, 0.5) is 5.69 Å². The molecule has 0 aromatic heterocycles. The van der Waals surface area contributed by atoms with Crippen molar-refractivity contribution in [3.63, 3.8) is 0 Å². The van der Waals surface area contributed by atoms with E-state index in [0.717, 1.165) is 18.2 Å². The van der Waals surface area contributed by atoms with Crippen molar-refractivity contribution in [1.82, 2.24) is 0 Å². The molecule has 0 atom stereocenters. The summed E-state index contributed by atoms with van der Waals surface area (Å²) in [6, 6.07) is 17.6. The van der Waals surface area contributed by atoms with Crippen molar-refractivity contribution in [2.45, 2.75) is 34.8 Å². The molecule has 2 heterocycles. The van der Waals surface area contributed by atoms with Gasteiger partial charge in [-0.1, -0.05) is 36.4 Å². The van der Waals surface area contributed by atoms with Gasteiger partial charge in [0.15, 0.2) is 0 Å². The van der Waals surface area contributed by atoms with Gasteiger partial charge in [0.2, 0.25) is 9.84 Å². The number of nitrogens with zero attached hydrogens (tertiary/aromatic N) is 1. The summed E-state index contributed by atoms with van der Waals surface area (Å²) >= 11 is 0. The van der Waals surface area contributed by atoms with Crippen LogP contribution < -0.4 is 4.90 Å². The Hall–Kier alpha value is -2.74. The van der Waals surface area contributed by atoms with Crippen molar-refractivity contribution >= 4 is 32.2 Å². The molecule has 2 aliphatic heterocycles. The monoisotopic (exact) mass is 449 g/mol. The number of ether oxygens (including phenoxy) is 2. The van der Waals surface area contributed by atoms with Crippen LogP contribution in [-0.2, 0) is 29.9 Å². The minimum atomic E-state index is -3.83. The van der Waals surface area contributed by atoms with E-state index in [2.05, 4.69) is 0 Å². The summed E-state index contributed by atoms with van der Waals surface area (Å²) in [7, 11) is -3.83. The number of hydrogen-bond donors (Lipinski definition) is 0. The summed E-state index contributed by atoms with van der Waals surface area (Å²) < 4.78 is 39.2. The van der Waals surface area contributed by atoms with Gasteiger partial charge in [-0.05, 0) is 54.8 Å². The summed E-state index contributed by atoms with van der Waals surface area (Å²) in [4.78, 5) is 15.5. The van der Waals surface area contributed by atoms with Crippen LogP contribution >= 0.6 is 0 Å². The van der Waals surface area contributed by atoms with Gasteiger partial charge in [-0.15, -0.1) is 0 Å². The van der Waals surface area contributed by atoms with Gasteiger partial charge in [-0.2, -0.15) is 0 Å². The second-order valence-corrected chi connectivity index (χ2v) is 10.6. The van der Waals surface area contributed by atoms with Crippen molar-refractivity contribution in [3.05, 3.63) is 66.2 Å². The Labute approximate surface area is 186 Å². The Morgan fingerprint density at radius 1 is 0.969 bits per heavy atom. The molecule has 32 heavy (non-hydrogen) atoms. The zero-order chi connectivity index (χ0) is 21.9. The SMILES string of the molecule is O=C1N(CC2CC2)c2ccc(S(=O)(=O)c3cccc4ccccc34)cc2C12OCCCO2. The highest BCUT2D eigenvalue weighted by molar-refractivity contribution is 7.91. The molecule has 3 aromatic rings. The van der Waals surface area contributed by atoms with Crippen molar-refractivity contribution in [3.8, 4) is 0 Å². The molecule has 6 nitrogen and oxygen atoms in total. The van der Waals surface area contributed by atoms with Gasteiger partial charge in [-0.25, -0.2) is 8.42 Å². The first-order chi connectivity index (χ1) is 15.5. The van der Waals surface area contributed by atoms with Gasteiger partial charge < -0.3 is 14.4 Å². The highest BCUT2D eigenvalue weighted by Crippen LogP contribution is 2.48. The van der Waals surface area contributed by atoms with Crippen LogP contribution in [0, 0.1) is 5.92 Å². The molecular formula is C25H23NO5S. The molecular weight excluding hydrogens is 426 g/mol. The number of amides is 1. The fraction of sp³-hybridized carbons (Fsp3) is 0.320. The predicted molar refractivity (Wildman–Crippen MR) is 119 cm³/mol. The molecule has 7 heteroatoms. The van der Waals surface area contributed by atoms with Crippen LogP contribution in [0.15, 0.2) is 70.5 Å². The van der Waals surface area contributed by atoms with E-state index >= 15 is 0 Å². The zero-order valence-electron chi connectivity index (χ0n) is 17.5. The Kier molecular flexibility index (Phi) is 4.44. The first-order valence-electron chi connectivity index (χ1n) is 11.0. The number of benzene rings is 3. The molecule has 3 aromatic carbocycles. The van der Waals surface area contributed by atoms with Crippen LogP contribution in [0.25, 0.3) is 10.8 Å². The van der Waals surface area contributed by atoms with Crippen molar-refractivity contribution in [2.24, 2.45) is 5.92 Å². The number of rotatable bonds is 4. The Bertz CT molecular complexity index is 1330. The highest BCUT2D eigenvalue weighted by atomic mass is 32.2. The van der Waals surface area contributed by atoms with Crippen molar-refractivity contribution < 1.29 is 22.7 Å². The Balaban J connectivity index is 1.50. The van der Waals surface area contributed by atoms with Crippen LogP contribution in [0.3, 0.4) is 0 Å². The number of hydrogen-bond acceptors (Lipinski definition) is 5. The molecule has 0 unspecified atom stereocenters. The van der Waals surface area contributed by atoms with Crippen LogP contribution in [0.1, 0.15) is 24.8 Å². The quantitative estimate of drug-likeness (QED) is 0.602. The molecule has 0 bridgehead atoms. The number of fused-ring (bicyclic) bond motifs is 3. The topological polar surface area (TPSA) is 72.9 Å². The summed E-state index contributed by atoms with van der Waals surface area (Å²) in [5, 5.41) is 1.53. The van der Waals surface area contributed by atoms with Crippen molar-refractivity contribution in [2.75, 3.05) is 24.7 Å². The van der Waals surface area contributed by atoms with Crippen molar-refractivity contribution in [1.29, 1.82) is 0 Å². The number of sulfone groups is 1. The molecule has 1 saturated carbocycles. The summed E-state index contributed by atoms with van der Waals surface area (Å²) in [5.74, 6) is -1.32. The van der Waals surface area contributed by atoms with E-state index in [1.54, 1.807) is 35.2 Å². The second kappa shape index (κ2) is 7.13. The zero-order valence-corrected chi connectivity index (χ0v) is 18.3. The summed E-state index contributed by atoms with van der Waals surface area (Å²) in [5.41, 5.74) is 1.17. The smallest absolute Gasteiger partial charge is 0.292 e. The van der Waals surface area contributed by atoms with E-state index in [0.29, 0.717) is 48.7 Å². The van der Waals surface area contributed by atoms with E-state index in [9.17, 15) is 13.2 Å². The molecule has 0 N–H and O–H groups in total. The average molecular weight is 450 g/mol. The number of carbonyl (C=O) groups excluding carboxylic acids is 1. The Morgan fingerprint density at radius 3 is 2.50 bits per heavy atom. The maximum absolute atomic E-state index is 13.7. The lowest BCUT2D eigenvalue weighted by Gasteiger charge is -2.32. The van der Waals surface area contributed by atoms with Gasteiger partial charge >= 0.3 is 0 Å². The number of anilines is 1. The molecule has 0 radical (unpaired) electrons. The van der Waals surface area contributed by atoms with E-state index in [1.165, 1.54) is 0 Å². The van der Waals surface area contributed by atoms with E-state index in [1.807, 2.05) is 30.3 Å². The molecule has 2 fully saturated rings. The third kappa shape index (κ3) is 2.92. The minimum absolute atomic E-state index is 0.130. The van der Waals surface area contributed by atoms with Gasteiger partial charge in [0, 0.05) is 17.5 Å². The molecule has 1 spiro atoms. The average Bonchev–Trinajstić information content (AvgIpc) is 3.63. The minimum Gasteiger partial charge on any atom is -0.338 e. The highest BCUT2D eigenvalue weighted by Gasteiger charge is 2.55. The van der Waals surface area contributed by atoms with E-state index in [4.69, 9.17) is 9.47 Å². The van der Waals surface area contributed by atoms with Crippen LogP contribution in [-0.4, -0.2) is 34.1 Å². The normalized spacial score (nSPS) is 20.1. The van der Waals surface area contributed by atoms with Gasteiger partial charge in [0.25, 0.3) is 11.7 Å². The third-order valence-corrected chi connectivity index (χ3v) is 8.34. The molecule has 1 saturated heterocycles. The lowest BCUT2D eigenvalue weighted by molar-refractivity contribution is -0.256. The summed E-state index contributed by atoms with van der Waals surface area (Å²) in [6.45, 7) is 1.39.